The van der Waals surface area contributed by atoms with Gasteiger partial charge < -0.3 is 4.57 Å². The van der Waals surface area contributed by atoms with Gasteiger partial charge in [0.25, 0.3) is 0 Å². The van der Waals surface area contributed by atoms with Crippen LogP contribution in [-0.4, -0.2) is 0 Å². The molecule has 9 rings (SSSR count). The molecule has 0 aliphatic heterocycles. The third-order valence-electron chi connectivity index (χ3n) is 9.66. The van der Waals surface area contributed by atoms with E-state index in [4.69, 9.17) is 0 Å². The minimum atomic E-state index is -3.26. The summed E-state index contributed by atoms with van der Waals surface area (Å²) in [5.41, 5.74) is 6.63. The molecule has 9 aromatic carbocycles. The molecule has 0 amide bonds. The average molecular weight is 631 g/mol. The summed E-state index contributed by atoms with van der Waals surface area (Å²) < 4.78 is 15.8. The summed E-state index contributed by atoms with van der Waals surface area (Å²) in [4.78, 5) is 0. The van der Waals surface area contributed by atoms with Crippen molar-refractivity contribution in [2.75, 3.05) is 0 Å². The maximum Gasteiger partial charge on any atom is 0.171 e. The lowest BCUT2D eigenvalue weighted by Crippen LogP contribution is -2.25. The van der Waals surface area contributed by atoms with Crippen molar-refractivity contribution in [3.63, 3.8) is 0 Å². The summed E-state index contributed by atoms with van der Waals surface area (Å²) in [6, 6.07) is 65.7. The molecule has 0 aliphatic rings. The van der Waals surface area contributed by atoms with Crippen molar-refractivity contribution >= 4 is 55.4 Å². The molecule has 0 N–H and O–H groups in total. The van der Waals surface area contributed by atoms with Gasteiger partial charge >= 0.3 is 0 Å². The zero-order chi connectivity index (χ0) is 32.1. The fourth-order valence-corrected chi connectivity index (χ4v) is 10.1. The first-order chi connectivity index (χ1) is 23.7. The standard InChI is InChI=1S/C46H31OP/c47-48(40-18-6-2-7-19-40,41-20-8-3-9-21-41)42-30-38(37-17-11-16-36(28-37)32-12-4-1-5-13-32)29-39(31-42)43-26-24-35-23-22-33-14-10-15-34-25-27-44(43)46(35)45(33)34/h1-31H. The van der Waals surface area contributed by atoms with E-state index in [0.29, 0.717) is 0 Å². The minimum Gasteiger partial charge on any atom is -0.309 e. The Hall–Kier alpha value is -5.75. The van der Waals surface area contributed by atoms with E-state index in [1.165, 1.54) is 37.9 Å². The van der Waals surface area contributed by atoms with Crippen LogP contribution in [-0.2, 0) is 4.57 Å². The van der Waals surface area contributed by atoms with Gasteiger partial charge in [0.2, 0.25) is 0 Å². The Bertz CT molecular complexity index is 2570. The van der Waals surface area contributed by atoms with Crippen molar-refractivity contribution < 1.29 is 4.57 Å². The monoisotopic (exact) mass is 630 g/mol. The maximum absolute atomic E-state index is 15.8. The predicted octanol–water partition coefficient (Wildman–Crippen LogP) is 11.2. The van der Waals surface area contributed by atoms with Crippen LogP contribution in [0.3, 0.4) is 0 Å². The fourth-order valence-electron chi connectivity index (χ4n) is 7.33. The average Bonchev–Trinajstić information content (AvgIpc) is 3.17. The van der Waals surface area contributed by atoms with Crippen molar-refractivity contribution in [1.29, 1.82) is 0 Å². The maximum atomic E-state index is 15.8. The molecular formula is C46H31OP. The lowest BCUT2D eigenvalue weighted by molar-refractivity contribution is 0.592. The van der Waals surface area contributed by atoms with E-state index in [1.807, 2.05) is 66.7 Å². The van der Waals surface area contributed by atoms with Gasteiger partial charge in [-0.15, -0.1) is 0 Å². The molecule has 226 valence electrons. The molecule has 2 heteroatoms. The third kappa shape index (κ3) is 4.67. The van der Waals surface area contributed by atoms with Crippen molar-refractivity contribution in [3.05, 3.63) is 188 Å². The first kappa shape index (κ1) is 28.5. The second-order valence-electron chi connectivity index (χ2n) is 12.5. The molecule has 0 saturated carbocycles. The highest BCUT2D eigenvalue weighted by Crippen LogP contribution is 2.46. The molecule has 0 unspecified atom stereocenters. The summed E-state index contributed by atoms with van der Waals surface area (Å²) in [5.74, 6) is 0. The summed E-state index contributed by atoms with van der Waals surface area (Å²) >= 11 is 0. The lowest BCUT2D eigenvalue weighted by atomic mass is 9.89. The summed E-state index contributed by atoms with van der Waals surface area (Å²) in [5, 5.41) is 9.95. The number of benzene rings is 9. The molecule has 0 saturated heterocycles. The predicted molar refractivity (Wildman–Crippen MR) is 206 cm³/mol. The molecule has 0 bridgehead atoms. The van der Waals surface area contributed by atoms with Crippen molar-refractivity contribution in [2.24, 2.45) is 0 Å². The molecule has 0 spiro atoms. The highest BCUT2D eigenvalue weighted by molar-refractivity contribution is 7.85. The second kappa shape index (κ2) is 11.5. The highest BCUT2D eigenvalue weighted by Gasteiger charge is 2.31. The highest BCUT2D eigenvalue weighted by atomic mass is 31.2. The molecule has 48 heavy (non-hydrogen) atoms. The van der Waals surface area contributed by atoms with Gasteiger partial charge in [-0.1, -0.05) is 164 Å². The van der Waals surface area contributed by atoms with E-state index in [0.717, 1.165) is 43.7 Å². The molecular weight excluding hydrogens is 599 g/mol. The minimum absolute atomic E-state index is 0.822. The lowest BCUT2D eigenvalue weighted by Gasteiger charge is -2.22. The quantitative estimate of drug-likeness (QED) is 0.132. The fraction of sp³-hybridized carbons (Fsp3) is 0. The molecule has 0 heterocycles. The molecule has 0 radical (unpaired) electrons. The molecule has 0 aliphatic carbocycles. The SMILES string of the molecule is O=P(c1ccccc1)(c1ccccc1)c1cc(-c2cccc(-c3ccccc3)c2)cc(-c2ccc3ccc4cccc5ccc2c3c45)c1. The van der Waals surface area contributed by atoms with Crippen LogP contribution in [0.5, 0.6) is 0 Å². The molecule has 1 nitrogen and oxygen atoms in total. The van der Waals surface area contributed by atoms with Crippen molar-refractivity contribution in [1.82, 2.24) is 0 Å². The third-order valence-corrected chi connectivity index (χ3v) is 12.7. The Labute approximate surface area is 280 Å². The molecule has 0 atom stereocenters. The number of hydrogen-bond acceptors (Lipinski definition) is 1. The molecule has 0 aromatic heterocycles. The van der Waals surface area contributed by atoms with Crippen LogP contribution in [0.4, 0.5) is 0 Å². The van der Waals surface area contributed by atoms with Gasteiger partial charge in [-0.3, -0.25) is 0 Å². The van der Waals surface area contributed by atoms with Gasteiger partial charge in [-0.2, -0.15) is 0 Å². The topological polar surface area (TPSA) is 17.1 Å². The van der Waals surface area contributed by atoms with Crippen LogP contribution in [0.25, 0.3) is 65.7 Å². The summed E-state index contributed by atoms with van der Waals surface area (Å²) in [6.07, 6.45) is 0. The normalized spacial score (nSPS) is 11.8. The van der Waals surface area contributed by atoms with Crippen molar-refractivity contribution in [3.8, 4) is 33.4 Å². The number of rotatable bonds is 6. The second-order valence-corrected chi connectivity index (χ2v) is 15.2. The first-order valence-corrected chi connectivity index (χ1v) is 18.1. The largest absolute Gasteiger partial charge is 0.309 e. The van der Waals surface area contributed by atoms with Gasteiger partial charge in [0.1, 0.15) is 0 Å². The summed E-state index contributed by atoms with van der Waals surface area (Å²) in [7, 11) is -3.26. The van der Waals surface area contributed by atoms with Crippen LogP contribution in [0.15, 0.2) is 188 Å². The van der Waals surface area contributed by atoms with Gasteiger partial charge in [0.05, 0.1) is 0 Å². The van der Waals surface area contributed by atoms with E-state index in [2.05, 4.69) is 121 Å². The Morgan fingerprint density at radius 1 is 0.312 bits per heavy atom. The Morgan fingerprint density at radius 3 is 1.46 bits per heavy atom. The molecule has 9 aromatic rings. The van der Waals surface area contributed by atoms with Crippen LogP contribution in [0.2, 0.25) is 0 Å². The number of hydrogen-bond donors (Lipinski definition) is 0. The Kier molecular flexibility index (Phi) is 6.82. The molecule has 0 fully saturated rings. The van der Waals surface area contributed by atoms with Crippen LogP contribution in [0, 0.1) is 0 Å². The van der Waals surface area contributed by atoms with Crippen LogP contribution in [0.1, 0.15) is 0 Å². The Morgan fingerprint density at radius 2 is 0.792 bits per heavy atom. The first-order valence-electron chi connectivity index (χ1n) is 16.4. The van der Waals surface area contributed by atoms with Gasteiger partial charge in [0, 0.05) is 15.9 Å². The van der Waals surface area contributed by atoms with E-state index in [1.54, 1.807) is 0 Å². The van der Waals surface area contributed by atoms with E-state index >= 15 is 4.57 Å². The van der Waals surface area contributed by atoms with Gasteiger partial charge in [0.15, 0.2) is 7.14 Å². The van der Waals surface area contributed by atoms with Gasteiger partial charge in [-0.25, -0.2) is 0 Å². The van der Waals surface area contributed by atoms with E-state index in [9.17, 15) is 0 Å². The smallest absolute Gasteiger partial charge is 0.171 e. The van der Waals surface area contributed by atoms with Crippen LogP contribution >= 0.6 is 7.14 Å². The summed E-state index contributed by atoms with van der Waals surface area (Å²) in [6.45, 7) is 0. The zero-order valence-electron chi connectivity index (χ0n) is 26.3. The van der Waals surface area contributed by atoms with Crippen molar-refractivity contribution in [2.45, 2.75) is 0 Å². The zero-order valence-corrected chi connectivity index (χ0v) is 27.1. The Balaban J connectivity index is 1.34. The van der Waals surface area contributed by atoms with Crippen LogP contribution < -0.4 is 15.9 Å². The van der Waals surface area contributed by atoms with Gasteiger partial charge in [-0.05, 0) is 90.0 Å². The van der Waals surface area contributed by atoms with E-state index in [-0.39, 0.29) is 0 Å². The van der Waals surface area contributed by atoms with E-state index < -0.39 is 7.14 Å².